The van der Waals surface area contributed by atoms with E-state index >= 15 is 0 Å². The van der Waals surface area contributed by atoms with Crippen LogP contribution in [0, 0.1) is 0 Å². The highest BCUT2D eigenvalue weighted by atomic mass is 32.1. The zero-order valence-electron chi connectivity index (χ0n) is 35.5. The fourth-order valence-electron chi connectivity index (χ4n) is 8.74. The maximum atomic E-state index is 12.7. The number of unbranched alkanes of at least 4 members (excludes halogenated alkanes) is 3. The van der Waals surface area contributed by atoms with E-state index in [1.807, 2.05) is 36.4 Å². The molecule has 1 aliphatic carbocycles. The molecule has 0 bridgehead atoms. The highest BCUT2D eigenvalue weighted by molar-refractivity contribution is 7.12. The second-order valence-electron chi connectivity index (χ2n) is 17.0. The van der Waals surface area contributed by atoms with Crippen LogP contribution in [-0.2, 0) is 33.0 Å². The van der Waals surface area contributed by atoms with Crippen molar-refractivity contribution in [2.75, 3.05) is 6.54 Å². The number of amides is 1. The second kappa shape index (κ2) is 19.1. The number of hydrogen-bond acceptors (Lipinski definition) is 4. The van der Waals surface area contributed by atoms with Crippen LogP contribution in [-0.4, -0.2) is 18.5 Å². The van der Waals surface area contributed by atoms with E-state index in [0.717, 1.165) is 37.7 Å². The van der Waals surface area contributed by atoms with Crippen LogP contribution >= 0.6 is 22.7 Å². The lowest BCUT2D eigenvalue weighted by Crippen LogP contribution is -2.53. The van der Waals surface area contributed by atoms with Crippen molar-refractivity contribution < 1.29 is 4.79 Å². The van der Waals surface area contributed by atoms with Crippen LogP contribution in [0.15, 0.2) is 48.5 Å². The molecule has 5 heteroatoms. The minimum atomic E-state index is -0.0801. The molecule has 0 aliphatic heterocycles. The van der Waals surface area contributed by atoms with Gasteiger partial charge >= 0.3 is 0 Å². The maximum absolute atomic E-state index is 12.7. The van der Waals surface area contributed by atoms with Crippen molar-refractivity contribution in [2.45, 2.75) is 193 Å². The molecule has 1 amide bonds. The summed E-state index contributed by atoms with van der Waals surface area (Å²) in [6.45, 7) is 27.3. The highest BCUT2D eigenvalue weighted by Crippen LogP contribution is 2.55. The number of hydrogen-bond donors (Lipinski definition) is 2. The zero-order chi connectivity index (χ0) is 38.9. The van der Waals surface area contributed by atoms with Gasteiger partial charge in [-0.1, -0.05) is 119 Å². The summed E-state index contributed by atoms with van der Waals surface area (Å²) in [6, 6.07) is 15.6. The Hall–Kier alpha value is -2.21. The third-order valence-corrected chi connectivity index (χ3v) is 17.3. The molecule has 2 aromatic heterocycles. The average molecular weight is 759 g/mol. The van der Waals surface area contributed by atoms with Crippen molar-refractivity contribution >= 4 is 34.7 Å². The molecule has 1 aliphatic rings. The van der Waals surface area contributed by atoms with Crippen molar-refractivity contribution in [1.82, 2.24) is 10.6 Å². The van der Waals surface area contributed by atoms with E-state index in [1.54, 1.807) is 26.3 Å². The Morgan fingerprint density at radius 2 is 1.60 bits per heavy atom. The number of nitrogens with one attached hydrogen (secondary N) is 2. The van der Waals surface area contributed by atoms with E-state index < -0.39 is 0 Å². The average Bonchev–Trinajstić information content (AvgIpc) is 3.90. The molecule has 0 fully saturated rings. The number of rotatable bonds is 22. The molecule has 4 unspecified atom stereocenters. The number of benzene rings is 1. The summed E-state index contributed by atoms with van der Waals surface area (Å²) in [5.74, 6) is 0.454. The maximum Gasteiger partial charge on any atom is 0.243 e. The predicted octanol–water partition coefficient (Wildman–Crippen LogP) is 13.7. The molecule has 3 nitrogen and oxygen atoms in total. The monoisotopic (exact) mass is 759 g/mol. The lowest BCUT2D eigenvalue weighted by Gasteiger charge is -2.43. The normalized spacial score (nSPS) is 19.4. The van der Waals surface area contributed by atoms with Gasteiger partial charge in [-0.05, 0) is 112 Å². The van der Waals surface area contributed by atoms with E-state index in [1.165, 1.54) is 61.8 Å². The van der Waals surface area contributed by atoms with Crippen LogP contribution in [0.2, 0.25) is 0 Å². The van der Waals surface area contributed by atoms with Gasteiger partial charge in [-0.2, -0.15) is 0 Å². The first-order valence-corrected chi connectivity index (χ1v) is 23.0. The summed E-state index contributed by atoms with van der Waals surface area (Å²) >= 11 is 4.23. The lowest BCUT2D eigenvalue weighted by atomic mass is 9.75. The molecule has 0 spiro atoms. The largest absolute Gasteiger partial charge is 0.353 e. The number of fused-ring (bicyclic) bond motifs is 1. The lowest BCUT2D eigenvalue weighted by molar-refractivity contribution is -0.116. The zero-order valence-corrected chi connectivity index (χ0v) is 37.1. The van der Waals surface area contributed by atoms with Crippen LogP contribution in [0.1, 0.15) is 195 Å². The Morgan fingerprint density at radius 1 is 0.906 bits per heavy atom. The van der Waals surface area contributed by atoms with Gasteiger partial charge in [0, 0.05) is 54.4 Å². The molecule has 0 saturated heterocycles. The quantitative estimate of drug-likeness (QED) is 0.0791. The van der Waals surface area contributed by atoms with Crippen molar-refractivity contribution in [3.63, 3.8) is 0 Å². The molecule has 4 atom stereocenters. The molecular formula is C48H74N2OS2. The summed E-state index contributed by atoms with van der Waals surface area (Å²) in [4.78, 5) is 19.0. The van der Waals surface area contributed by atoms with Gasteiger partial charge in [0.1, 0.15) is 0 Å². The topological polar surface area (TPSA) is 41.1 Å². The number of carbonyl (C=O) groups excluding carboxylic acids is 1. The van der Waals surface area contributed by atoms with Gasteiger partial charge in [0.2, 0.25) is 5.91 Å². The van der Waals surface area contributed by atoms with Gasteiger partial charge in [-0.25, -0.2) is 0 Å². The molecular weight excluding hydrogens is 685 g/mol. The van der Waals surface area contributed by atoms with Crippen LogP contribution in [0.25, 0.3) is 6.08 Å². The van der Waals surface area contributed by atoms with Crippen LogP contribution in [0.4, 0.5) is 0 Å². The molecule has 0 radical (unpaired) electrons. The molecule has 0 saturated carbocycles. The van der Waals surface area contributed by atoms with Crippen LogP contribution in [0.3, 0.4) is 0 Å². The fraction of sp³-hybridized carbons (Fsp3) is 0.646. The van der Waals surface area contributed by atoms with E-state index in [-0.39, 0.29) is 27.7 Å². The summed E-state index contributed by atoms with van der Waals surface area (Å²) in [6.07, 6.45) is 18.9. The first-order chi connectivity index (χ1) is 25.3. The summed E-state index contributed by atoms with van der Waals surface area (Å²) in [5, 5.41) is 7.59. The summed E-state index contributed by atoms with van der Waals surface area (Å²) in [5.41, 5.74) is 4.58. The highest BCUT2D eigenvalue weighted by Gasteiger charge is 2.45. The Balaban J connectivity index is 1.60. The van der Waals surface area contributed by atoms with Crippen LogP contribution in [0.5, 0.6) is 0 Å². The van der Waals surface area contributed by atoms with Crippen molar-refractivity contribution in [3.8, 4) is 0 Å². The molecule has 294 valence electrons. The van der Waals surface area contributed by atoms with E-state index in [2.05, 4.69) is 122 Å². The number of carbonyl (C=O) groups is 1. The molecule has 2 heterocycles. The van der Waals surface area contributed by atoms with Gasteiger partial charge in [0.15, 0.2) is 0 Å². The molecule has 4 rings (SSSR count). The number of thiophene rings is 2. The van der Waals surface area contributed by atoms with Gasteiger partial charge in [0.05, 0.1) is 5.54 Å². The SMILES string of the molecule is CCCCCCc1cc(C(C)(CC)CC)sc1C(C)(CC)C(C)NC(CC)(CC)c1cc2c(s1)C(C)(CC)CC2CCNC(=O)C=Cc1ccccc1. The first-order valence-electron chi connectivity index (χ1n) is 21.4. The van der Waals surface area contributed by atoms with E-state index in [4.69, 9.17) is 0 Å². The number of aryl methyl sites for hydroxylation is 1. The minimum absolute atomic E-state index is 0.0135. The Morgan fingerprint density at radius 3 is 2.21 bits per heavy atom. The van der Waals surface area contributed by atoms with E-state index in [0.29, 0.717) is 18.5 Å². The van der Waals surface area contributed by atoms with Gasteiger partial charge in [0.25, 0.3) is 0 Å². The third-order valence-electron chi connectivity index (χ3n) is 13.9. The van der Waals surface area contributed by atoms with Gasteiger partial charge in [-0.3, -0.25) is 4.79 Å². The standard InChI is InChI=1S/C48H74N2OS2/c1-12-19-20-24-27-37-32-40(45(9,13-2)14-3)52-43(37)47(11,16-5)35(8)50-48(17-6,18-7)41-33-39-38(34-46(10,15-4)44(39)53-41)30-31-49-42(51)29-28-36-25-22-21-23-26-36/h21-23,25-26,28-29,32-33,35,38,50H,12-20,24,27,30-31,34H2,1-11H3,(H,49,51). The molecule has 3 aromatic rings. The second-order valence-corrected chi connectivity index (χ2v) is 19.1. The Kier molecular flexibility index (Phi) is 15.7. The van der Waals surface area contributed by atoms with E-state index in [9.17, 15) is 4.79 Å². The van der Waals surface area contributed by atoms with Crippen molar-refractivity contribution in [3.05, 3.63) is 84.7 Å². The van der Waals surface area contributed by atoms with Crippen LogP contribution < -0.4 is 10.6 Å². The third kappa shape index (κ3) is 9.61. The van der Waals surface area contributed by atoms with Gasteiger partial charge in [-0.15, -0.1) is 22.7 Å². The smallest absolute Gasteiger partial charge is 0.243 e. The Bertz CT molecular complexity index is 1610. The molecule has 1 aromatic carbocycles. The first kappa shape index (κ1) is 43.5. The predicted molar refractivity (Wildman–Crippen MR) is 235 cm³/mol. The minimum Gasteiger partial charge on any atom is -0.353 e. The van der Waals surface area contributed by atoms with Crippen molar-refractivity contribution in [2.24, 2.45) is 0 Å². The molecule has 2 N–H and O–H groups in total. The van der Waals surface area contributed by atoms with Gasteiger partial charge < -0.3 is 10.6 Å². The van der Waals surface area contributed by atoms with Crippen molar-refractivity contribution in [1.29, 1.82) is 0 Å². The fourth-order valence-corrected chi connectivity index (χ4v) is 12.3. The Labute approximate surface area is 333 Å². The summed E-state index contributed by atoms with van der Waals surface area (Å²) in [7, 11) is 0. The summed E-state index contributed by atoms with van der Waals surface area (Å²) < 4.78 is 0. The molecule has 53 heavy (non-hydrogen) atoms.